The van der Waals surface area contributed by atoms with Crippen LogP contribution in [0, 0.1) is 5.41 Å². The first-order valence-electron chi connectivity index (χ1n) is 13.3. The number of nitrogens with zero attached hydrogens (tertiary/aromatic N) is 2. The Morgan fingerprint density at radius 2 is 1.54 bits per heavy atom. The molecular weight excluding hydrogens is 548 g/mol. The number of benzene rings is 2. The van der Waals surface area contributed by atoms with Gasteiger partial charge in [-0.2, -0.15) is 26.3 Å². The number of rotatable bonds is 7. The standard InChI is InChI=1S/C30H29F6N3O2/c31-29(32,33)24-14-22(15-25(16-24)30(34,35)36)18-38-27(40)28(17-20-3-8-37-9-4-20)6-10-39(11-7-28)19-21-1-2-26-23(13-21)5-12-41-26/h1-4,8-9,13-16H,5-7,10-12,17-19H2,(H,38,40). The summed E-state index contributed by atoms with van der Waals surface area (Å²) in [5.41, 5.74) is -0.764. The van der Waals surface area contributed by atoms with Crippen molar-refractivity contribution in [3.05, 3.63) is 94.3 Å². The zero-order chi connectivity index (χ0) is 29.3. The van der Waals surface area contributed by atoms with E-state index in [1.807, 2.05) is 12.1 Å². The molecule has 0 saturated carbocycles. The van der Waals surface area contributed by atoms with Crippen molar-refractivity contribution in [3.63, 3.8) is 0 Å². The van der Waals surface area contributed by atoms with Crippen LogP contribution in [0.5, 0.6) is 5.75 Å². The molecule has 2 aliphatic heterocycles. The first-order valence-corrected chi connectivity index (χ1v) is 13.3. The number of halogens is 6. The molecule has 1 fully saturated rings. The zero-order valence-electron chi connectivity index (χ0n) is 22.1. The second kappa shape index (κ2) is 11.3. The molecule has 2 aromatic carbocycles. The van der Waals surface area contributed by atoms with E-state index in [1.165, 1.54) is 5.56 Å². The molecule has 11 heteroatoms. The minimum Gasteiger partial charge on any atom is -0.493 e. The van der Waals surface area contributed by atoms with Gasteiger partial charge in [-0.3, -0.25) is 14.7 Å². The maximum atomic E-state index is 13.7. The SMILES string of the molecule is O=C(NCc1cc(C(F)(F)F)cc(C(F)(F)F)c1)C1(Cc2ccncc2)CCN(Cc2ccc3c(c2)CCO3)CC1. The molecule has 5 rings (SSSR count). The summed E-state index contributed by atoms with van der Waals surface area (Å²) >= 11 is 0. The summed E-state index contributed by atoms with van der Waals surface area (Å²) in [6.45, 7) is 2.13. The lowest BCUT2D eigenvalue weighted by Gasteiger charge is -2.41. The van der Waals surface area contributed by atoms with Crippen molar-refractivity contribution >= 4 is 5.91 Å². The van der Waals surface area contributed by atoms with Crippen LogP contribution in [0.1, 0.15) is 46.2 Å². The first-order chi connectivity index (χ1) is 19.4. The molecular formula is C30H29F6N3O2. The number of ether oxygens (including phenoxy) is 1. The average Bonchev–Trinajstić information content (AvgIpc) is 3.40. The summed E-state index contributed by atoms with van der Waals surface area (Å²) in [5, 5.41) is 2.66. The Labute approximate surface area is 233 Å². The Morgan fingerprint density at radius 1 is 0.878 bits per heavy atom. The van der Waals surface area contributed by atoms with Gasteiger partial charge in [0, 0.05) is 31.9 Å². The lowest BCUT2D eigenvalue weighted by atomic mass is 9.73. The van der Waals surface area contributed by atoms with Gasteiger partial charge < -0.3 is 10.1 Å². The van der Waals surface area contributed by atoms with Crippen LogP contribution < -0.4 is 10.1 Å². The number of amides is 1. The van der Waals surface area contributed by atoms with Gasteiger partial charge in [0.2, 0.25) is 5.91 Å². The van der Waals surface area contributed by atoms with Crippen LogP contribution in [0.3, 0.4) is 0 Å². The molecule has 1 amide bonds. The number of hydrogen-bond donors (Lipinski definition) is 1. The number of aromatic nitrogens is 1. The number of hydrogen-bond acceptors (Lipinski definition) is 4. The van der Waals surface area contributed by atoms with Gasteiger partial charge in [0.1, 0.15) is 5.75 Å². The van der Waals surface area contributed by atoms with Crippen molar-refractivity contribution in [2.24, 2.45) is 5.41 Å². The van der Waals surface area contributed by atoms with Crippen LogP contribution in [0.4, 0.5) is 26.3 Å². The second-order valence-electron chi connectivity index (χ2n) is 10.7. The van der Waals surface area contributed by atoms with Crippen LogP contribution >= 0.6 is 0 Å². The van der Waals surface area contributed by atoms with Gasteiger partial charge in [-0.15, -0.1) is 0 Å². The van der Waals surface area contributed by atoms with Crippen LogP contribution in [0.2, 0.25) is 0 Å². The van der Waals surface area contributed by atoms with Crippen LogP contribution in [-0.4, -0.2) is 35.5 Å². The smallest absolute Gasteiger partial charge is 0.416 e. The van der Waals surface area contributed by atoms with Crippen molar-refractivity contribution in [3.8, 4) is 5.75 Å². The number of piperidine rings is 1. The highest BCUT2D eigenvalue weighted by Crippen LogP contribution is 2.38. The lowest BCUT2D eigenvalue weighted by Crippen LogP contribution is -2.49. The second-order valence-corrected chi connectivity index (χ2v) is 10.7. The lowest BCUT2D eigenvalue weighted by molar-refractivity contribution is -0.143. The van der Waals surface area contributed by atoms with E-state index in [0.717, 1.165) is 23.3 Å². The molecule has 5 nitrogen and oxygen atoms in total. The van der Waals surface area contributed by atoms with Gasteiger partial charge in [-0.25, -0.2) is 0 Å². The minimum atomic E-state index is -4.96. The number of likely N-dealkylation sites (tertiary alicyclic amines) is 1. The van der Waals surface area contributed by atoms with E-state index in [-0.39, 0.29) is 11.6 Å². The monoisotopic (exact) mass is 577 g/mol. The van der Waals surface area contributed by atoms with Gasteiger partial charge in [0.25, 0.3) is 0 Å². The number of pyridine rings is 1. The molecule has 3 heterocycles. The van der Waals surface area contributed by atoms with Crippen molar-refractivity contribution in [2.75, 3.05) is 19.7 Å². The predicted octanol–water partition coefficient (Wildman–Crippen LogP) is 6.20. The van der Waals surface area contributed by atoms with Gasteiger partial charge >= 0.3 is 12.4 Å². The molecule has 41 heavy (non-hydrogen) atoms. The average molecular weight is 578 g/mol. The molecule has 3 aromatic rings. The van der Waals surface area contributed by atoms with E-state index in [4.69, 9.17) is 4.74 Å². The van der Waals surface area contributed by atoms with Crippen LogP contribution in [0.15, 0.2) is 60.9 Å². The van der Waals surface area contributed by atoms with Crippen molar-refractivity contribution in [1.29, 1.82) is 0 Å². The number of carbonyl (C=O) groups excluding carboxylic acids is 1. The third-order valence-electron chi connectivity index (χ3n) is 7.85. The maximum absolute atomic E-state index is 13.7. The third-order valence-corrected chi connectivity index (χ3v) is 7.85. The van der Waals surface area contributed by atoms with E-state index in [9.17, 15) is 31.1 Å². The molecule has 0 radical (unpaired) electrons. The van der Waals surface area contributed by atoms with E-state index < -0.39 is 41.3 Å². The normalized spacial score (nSPS) is 17.1. The summed E-state index contributed by atoms with van der Waals surface area (Å²) in [6, 6.07) is 11.1. The van der Waals surface area contributed by atoms with Gasteiger partial charge in [-0.1, -0.05) is 12.1 Å². The summed E-state index contributed by atoms with van der Waals surface area (Å²) in [5.74, 6) is 0.512. The number of alkyl halides is 6. The van der Waals surface area contributed by atoms with Crippen molar-refractivity contribution in [1.82, 2.24) is 15.2 Å². The fraction of sp³-hybridized carbons (Fsp3) is 0.400. The van der Waals surface area contributed by atoms with E-state index in [0.29, 0.717) is 57.6 Å². The zero-order valence-corrected chi connectivity index (χ0v) is 22.1. The summed E-state index contributed by atoms with van der Waals surface area (Å²) in [7, 11) is 0. The number of fused-ring (bicyclic) bond motifs is 1. The van der Waals surface area contributed by atoms with Gasteiger partial charge in [0.05, 0.1) is 23.1 Å². The molecule has 0 spiro atoms. The highest BCUT2D eigenvalue weighted by Gasteiger charge is 2.42. The van der Waals surface area contributed by atoms with Gasteiger partial charge in [-0.05, 0) is 91.0 Å². The Hall–Kier alpha value is -3.60. The fourth-order valence-electron chi connectivity index (χ4n) is 5.60. The first kappa shape index (κ1) is 28.9. The minimum absolute atomic E-state index is 0.0833. The fourth-order valence-corrected chi connectivity index (χ4v) is 5.60. The Kier molecular flexibility index (Phi) is 8.00. The molecule has 0 aliphatic carbocycles. The van der Waals surface area contributed by atoms with Crippen LogP contribution in [0.25, 0.3) is 0 Å². The van der Waals surface area contributed by atoms with Crippen molar-refractivity contribution < 1.29 is 35.9 Å². The van der Waals surface area contributed by atoms with Gasteiger partial charge in [0.15, 0.2) is 0 Å². The molecule has 1 aromatic heterocycles. The highest BCUT2D eigenvalue weighted by molar-refractivity contribution is 5.83. The van der Waals surface area contributed by atoms with E-state index in [1.54, 1.807) is 24.5 Å². The van der Waals surface area contributed by atoms with Crippen molar-refractivity contribution in [2.45, 2.75) is 51.1 Å². The third kappa shape index (κ3) is 6.83. The Morgan fingerprint density at radius 3 is 2.17 bits per heavy atom. The van der Waals surface area contributed by atoms with E-state index in [2.05, 4.69) is 21.3 Å². The largest absolute Gasteiger partial charge is 0.493 e. The molecule has 2 aliphatic rings. The van der Waals surface area contributed by atoms with Crippen LogP contribution in [-0.2, 0) is 43.1 Å². The molecule has 218 valence electrons. The topological polar surface area (TPSA) is 54.5 Å². The summed E-state index contributed by atoms with van der Waals surface area (Å²) in [4.78, 5) is 19.9. The Bertz CT molecular complexity index is 1350. The molecule has 1 N–H and O–H groups in total. The Balaban J connectivity index is 1.31. The highest BCUT2D eigenvalue weighted by atomic mass is 19.4. The number of nitrogens with one attached hydrogen (secondary N) is 1. The van der Waals surface area contributed by atoms with E-state index >= 15 is 0 Å². The summed E-state index contributed by atoms with van der Waals surface area (Å²) < 4.78 is 85.5. The maximum Gasteiger partial charge on any atom is 0.416 e. The quantitative estimate of drug-likeness (QED) is 0.340. The molecule has 1 saturated heterocycles. The predicted molar refractivity (Wildman–Crippen MR) is 139 cm³/mol. The molecule has 0 unspecified atom stereocenters. The number of carbonyl (C=O) groups is 1. The molecule has 0 atom stereocenters. The summed E-state index contributed by atoms with van der Waals surface area (Å²) in [6.07, 6.45) is -4.47. The molecule has 0 bridgehead atoms.